The Morgan fingerprint density at radius 1 is 0.929 bits per heavy atom. The molecule has 144 valence electrons. The number of unbranched alkanes of at least 4 members (excludes halogenated alkanes) is 2. The number of aromatic nitrogens is 2. The van der Waals surface area contributed by atoms with Gasteiger partial charge in [0.05, 0.1) is 11.1 Å². The number of hydrogen-bond donors (Lipinski definition) is 2. The van der Waals surface area contributed by atoms with Gasteiger partial charge in [0.2, 0.25) is 0 Å². The van der Waals surface area contributed by atoms with Crippen LogP contribution in [0.15, 0.2) is 65.5 Å². The van der Waals surface area contributed by atoms with Crippen molar-refractivity contribution in [3.8, 4) is 0 Å². The summed E-state index contributed by atoms with van der Waals surface area (Å²) >= 11 is 0. The molecule has 2 N–H and O–H groups in total. The van der Waals surface area contributed by atoms with E-state index >= 15 is 0 Å². The van der Waals surface area contributed by atoms with Crippen molar-refractivity contribution in [1.82, 2.24) is 15.5 Å². The molecule has 1 aliphatic rings. The molecule has 4 rings (SSSR count). The van der Waals surface area contributed by atoms with Gasteiger partial charge in [-0.1, -0.05) is 67.4 Å². The van der Waals surface area contributed by atoms with Crippen LogP contribution < -0.4 is 10.9 Å². The molecule has 1 unspecified atom stereocenters. The van der Waals surface area contributed by atoms with Gasteiger partial charge in [0.15, 0.2) is 0 Å². The Hall–Kier alpha value is -2.72. The Labute approximate surface area is 165 Å². The number of benzene rings is 2. The van der Waals surface area contributed by atoms with Gasteiger partial charge in [0.1, 0.15) is 0 Å². The van der Waals surface area contributed by atoms with Gasteiger partial charge < -0.3 is 5.32 Å². The first-order chi connectivity index (χ1) is 13.8. The first-order valence-electron chi connectivity index (χ1n) is 10.3. The molecule has 0 radical (unpaired) electrons. The highest BCUT2D eigenvalue weighted by Crippen LogP contribution is 2.24. The van der Waals surface area contributed by atoms with Crippen molar-refractivity contribution in [3.05, 3.63) is 82.3 Å². The van der Waals surface area contributed by atoms with Gasteiger partial charge in [0, 0.05) is 18.0 Å². The molecule has 0 aliphatic carbocycles. The summed E-state index contributed by atoms with van der Waals surface area (Å²) in [4.78, 5) is 11.9. The normalized spacial score (nSPS) is 16.9. The maximum absolute atomic E-state index is 11.9. The summed E-state index contributed by atoms with van der Waals surface area (Å²) in [7, 11) is 0. The molecular formula is C24H27N3O. The maximum Gasteiger partial charge on any atom is 0.272 e. The Morgan fingerprint density at radius 2 is 1.71 bits per heavy atom. The van der Waals surface area contributed by atoms with E-state index in [1.54, 1.807) is 0 Å². The molecule has 3 aromatic rings. The quantitative estimate of drug-likeness (QED) is 0.601. The van der Waals surface area contributed by atoms with Gasteiger partial charge in [-0.25, -0.2) is 5.10 Å². The minimum atomic E-state index is -0.106. The lowest BCUT2D eigenvalue weighted by Crippen LogP contribution is -2.32. The summed E-state index contributed by atoms with van der Waals surface area (Å²) in [5.41, 5.74) is 3.71. The van der Waals surface area contributed by atoms with Crippen LogP contribution in [-0.2, 0) is 6.42 Å². The van der Waals surface area contributed by atoms with Crippen molar-refractivity contribution >= 4 is 16.3 Å². The molecule has 2 heterocycles. The Bertz CT molecular complexity index is 1010. The molecule has 1 aliphatic heterocycles. The van der Waals surface area contributed by atoms with Crippen molar-refractivity contribution in [2.24, 2.45) is 0 Å². The van der Waals surface area contributed by atoms with Crippen LogP contribution >= 0.6 is 0 Å². The second-order valence-electron chi connectivity index (χ2n) is 7.55. The van der Waals surface area contributed by atoms with Crippen molar-refractivity contribution in [1.29, 1.82) is 0 Å². The van der Waals surface area contributed by atoms with Crippen LogP contribution in [0, 0.1) is 0 Å². The Morgan fingerprint density at radius 3 is 2.57 bits per heavy atom. The highest BCUT2D eigenvalue weighted by molar-refractivity contribution is 5.83. The molecular weight excluding hydrogens is 346 g/mol. The molecule has 4 nitrogen and oxygen atoms in total. The molecule has 0 fully saturated rings. The maximum atomic E-state index is 11.9. The second-order valence-corrected chi connectivity index (χ2v) is 7.55. The summed E-state index contributed by atoms with van der Waals surface area (Å²) in [6.07, 6.45) is 9.01. The van der Waals surface area contributed by atoms with E-state index in [-0.39, 0.29) is 5.56 Å². The van der Waals surface area contributed by atoms with Crippen LogP contribution in [0.5, 0.6) is 0 Å². The number of nitrogens with one attached hydrogen (secondary N) is 2. The molecule has 0 amide bonds. The van der Waals surface area contributed by atoms with E-state index in [0.717, 1.165) is 42.3 Å². The van der Waals surface area contributed by atoms with Crippen LogP contribution in [0.25, 0.3) is 16.3 Å². The van der Waals surface area contributed by atoms with E-state index in [9.17, 15) is 4.79 Å². The van der Waals surface area contributed by atoms with E-state index in [1.165, 1.54) is 30.4 Å². The predicted molar refractivity (Wildman–Crippen MR) is 115 cm³/mol. The summed E-state index contributed by atoms with van der Waals surface area (Å²) in [5, 5.41) is 12.3. The number of aryl methyl sites for hydroxylation is 1. The summed E-state index contributed by atoms with van der Waals surface area (Å²) in [5.74, 6) is 0. The van der Waals surface area contributed by atoms with E-state index < -0.39 is 0 Å². The van der Waals surface area contributed by atoms with E-state index in [0.29, 0.717) is 6.04 Å². The highest BCUT2D eigenvalue weighted by atomic mass is 16.1. The third-order valence-electron chi connectivity index (χ3n) is 5.61. The Kier molecular flexibility index (Phi) is 5.98. The number of hydrogen-bond acceptors (Lipinski definition) is 3. The lowest BCUT2D eigenvalue weighted by molar-refractivity contribution is 0.472. The standard InChI is InChI=1S/C24H27N3O/c28-24-22-13-8-7-12-21(22)23(26-27-24)14-6-2-5-11-20-17-19(15-16-25-20)18-9-3-1-4-10-18/h1,3-4,7-10,12-13,15,20,25H,2,5-6,11,14,16-17H2,(H,27,28). The van der Waals surface area contributed by atoms with Gasteiger partial charge in [-0.05, 0) is 42.9 Å². The first kappa shape index (κ1) is 18.6. The van der Waals surface area contributed by atoms with Gasteiger partial charge >= 0.3 is 0 Å². The van der Waals surface area contributed by atoms with Crippen LogP contribution in [0.4, 0.5) is 0 Å². The smallest absolute Gasteiger partial charge is 0.272 e. The fraction of sp³-hybridized carbons (Fsp3) is 0.333. The van der Waals surface area contributed by atoms with Crippen LogP contribution in [-0.4, -0.2) is 22.8 Å². The molecule has 0 saturated heterocycles. The molecule has 2 aromatic carbocycles. The molecule has 1 aromatic heterocycles. The largest absolute Gasteiger partial charge is 0.310 e. The topological polar surface area (TPSA) is 57.8 Å². The van der Waals surface area contributed by atoms with Gasteiger partial charge in [-0.2, -0.15) is 5.10 Å². The SMILES string of the molecule is O=c1[nH]nc(CCCCCC2CC(c3ccccc3)=CCN2)c2ccccc12. The minimum absolute atomic E-state index is 0.106. The Balaban J connectivity index is 1.25. The number of rotatable bonds is 7. The zero-order chi connectivity index (χ0) is 19.2. The zero-order valence-corrected chi connectivity index (χ0v) is 16.2. The number of H-pyrrole nitrogens is 1. The molecule has 4 heteroatoms. The third-order valence-corrected chi connectivity index (χ3v) is 5.61. The fourth-order valence-corrected chi connectivity index (χ4v) is 4.08. The average Bonchev–Trinajstić information content (AvgIpc) is 2.76. The molecule has 0 spiro atoms. The van der Waals surface area contributed by atoms with Gasteiger partial charge in [-0.3, -0.25) is 4.79 Å². The predicted octanol–water partition coefficient (Wildman–Crippen LogP) is 4.47. The van der Waals surface area contributed by atoms with Crippen LogP contribution in [0.1, 0.15) is 43.4 Å². The molecule has 0 saturated carbocycles. The summed E-state index contributed by atoms with van der Waals surface area (Å²) in [6, 6.07) is 19.0. The van der Waals surface area contributed by atoms with Crippen LogP contribution in [0.3, 0.4) is 0 Å². The third kappa shape index (κ3) is 4.39. The molecule has 28 heavy (non-hydrogen) atoms. The number of fused-ring (bicyclic) bond motifs is 1. The van der Waals surface area contributed by atoms with Crippen molar-refractivity contribution in [2.45, 2.75) is 44.6 Å². The lowest BCUT2D eigenvalue weighted by Gasteiger charge is -2.24. The molecule has 0 bridgehead atoms. The van der Waals surface area contributed by atoms with E-state index in [4.69, 9.17) is 0 Å². The van der Waals surface area contributed by atoms with Crippen molar-refractivity contribution < 1.29 is 0 Å². The average molecular weight is 374 g/mol. The number of aromatic amines is 1. The number of nitrogens with zero attached hydrogens (tertiary/aromatic N) is 1. The second kappa shape index (κ2) is 8.98. The first-order valence-corrected chi connectivity index (χ1v) is 10.3. The van der Waals surface area contributed by atoms with E-state index in [1.807, 2.05) is 24.3 Å². The van der Waals surface area contributed by atoms with Gasteiger partial charge in [0.25, 0.3) is 5.56 Å². The monoisotopic (exact) mass is 373 g/mol. The van der Waals surface area contributed by atoms with Crippen molar-refractivity contribution in [2.75, 3.05) is 6.54 Å². The lowest BCUT2D eigenvalue weighted by atomic mass is 9.92. The highest BCUT2D eigenvalue weighted by Gasteiger charge is 2.15. The minimum Gasteiger partial charge on any atom is -0.310 e. The summed E-state index contributed by atoms with van der Waals surface area (Å²) < 4.78 is 0. The van der Waals surface area contributed by atoms with Gasteiger partial charge in [-0.15, -0.1) is 0 Å². The van der Waals surface area contributed by atoms with E-state index in [2.05, 4.69) is 51.9 Å². The fourth-order valence-electron chi connectivity index (χ4n) is 4.08. The summed E-state index contributed by atoms with van der Waals surface area (Å²) in [6.45, 7) is 0.960. The van der Waals surface area contributed by atoms with Crippen LogP contribution in [0.2, 0.25) is 0 Å². The van der Waals surface area contributed by atoms with Crippen molar-refractivity contribution in [3.63, 3.8) is 0 Å². The molecule has 1 atom stereocenters. The zero-order valence-electron chi connectivity index (χ0n) is 16.2.